The summed E-state index contributed by atoms with van der Waals surface area (Å²) in [6.45, 7) is 3.91. The standard InChI is InChI=1S/C13H20N4O/c1-13(2,7-11(14)18)17-12-9-5-3-4-6-10(9)15-8-16-12/h8H,3-7H2,1-2H3,(H2,14,18)(H,15,16,17). The van der Waals surface area contributed by atoms with Crippen molar-refractivity contribution in [1.82, 2.24) is 9.97 Å². The summed E-state index contributed by atoms with van der Waals surface area (Å²) in [5.74, 6) is 0.543. The van der Waals surface area contributed by atoms with E-state index in [0.29, 0.717) is 0 Å². The predicted octanol–water partition coefficient (Wildman–Crippen LogP) is 1.42. The number of fused-ring (bicyclic) bond motifs is 1. The molecule has 0 radical (unpaired) electrons. The molecule has 0 aromatic carbocycles. The average molecular weight is 248 g/mol. The zero-order valence-electron chi connectivity index (χ0n) is 11.0. The fourth-order valence-electron chi connectivity index (χ4n) is 2.43. The Balaban J connectivity index is 2.21. The van der Waals surface area contributed by atoms with E-state index >= 15 is 0 Å². The quantitative estimate of drug-likeness (QED) is 0.844. The fraction of sp³-hybridized carbons (Fsp3) is 0.615. The molecule has 2 rings (SSSR count). The van der Waals surface area contributed by atoms with Crippen LogP contribution in [0.2, 0.25) is 0 Å². The van der Waals surface area contributed by atoms with Gasteiger partial charge in [-0.2, -0.15) is 0 Å². The van der Waals surface area contributed by atoms with E-state index in [2.05, 4.69) is 15.3 Å². The summed E-state index contributed by atoms with van der Waals surface area (Å²) in [7, 11) is 0. The largest absolute Gasteiger partial charge is 0.370 e. The van der Waals surface area contributed by atoms with Crippen molar-refractivity contribution in [3.63, 3.8) is 0 Å². The molecule has 98 valence electrons. The Morgan fingerprint density at radius 3 is 2.83 bits per heavy atom. The molecule has 0 fully saturated rings. The molecule has 1 heterocycles. The minimum Gasteiger partial charge on any atom is -0.370 e. The topological polar surface area (TPSA) is 80.9 Å². The van der Waals surface area contributed by atoms with Crippen LogP contribution in [0.25, 0.3) is 0 Å². The molecule has 3 N–H and O–H groups in total. The number of amides is 1. The third-order valence-electron chi connectivity index (χ3n) is 3.20. The van der Waals surface area contributed by atoms with Crippen molar-refractivity contribution in [2.75, 3.05) is 5.32 Å². The lowest BCUT2D eigenvalue weighted by Gasteiger charge is -2.28. The Hall–Kier alpha value is -1.65. The number of hydrogen-bond donors (Lipinski definition) is 2. The summed E-state index contributed by atoms with van der Waals surface area (Å²) < 4.78 is 0. The molecule has 5 nitrogen and oxygen atoms in total. The van der Waals surface area contributed by atoms with Crippen LogP contribution in [0.5, 0.6) is 0 Å². The van der Waals surface area contributed by atoms with Crippen LogP contribution >= 0.6 is 0 Å². The van der Waals surface area contributed by atoms with E-state index in [-0.39, 0.29) is 17.9 Å². The molecule has 1 aromatic rings. The lowest BCUT2D eigenvalue weighted by Crippen LogP contribution is -2.37. The molecule has 0 saturated heterocycles. The second kappa shape index (κ2) is 4.92. The van der Waals surface area contributed by atoms with Crippen molar-refractivity contribution < 1.29 is 4.79 Å². The maximum absolute atomic E-state index is 11.0. The van der Waals surface area contributed by atoms with Crippen LogP contribution in [0.15, 0.2) is 6.33 Å². The van der Waals surface area contributed by atoms with Gasteiger partial charge in [-0.25, -0.2) is 9.97 Å². The van der Waals surface area contributed by atoms with Gasteiger partial charge < -0.3 is 11.1 Å². The smallest absolute Gasteiger partial charge is 0.219 e. The normalized spacial score (nSPS) is 15.0. The number of primary amides is 1. The first kappa shape index (κ1) is 12.8. The molecule has 0 aliphatic heterocycles. The van der Waals surface area contributed by atoms with Gasteiger partial charge in [0.05, 0.1) is 0 Å². The molecule has 18 heavy (non-hydrogen) atoms. The third kappa shape index (κ3) is 2.97. The van der Waals surface area contributed by atoms with Crippen molar-refractivity contribution in [2.24, 2.45) is 5.73 Å². The van der Waals surface area contributed by atoms with Crippen molar-refractivity contribution in [3.05, 3.63) is 17.6 Å². The molecule has 1 aromatic heterocycles. The Bertz CT molecular complexity index is 456. The molecule has 1 aliphatic rings. The number of aryl methyl sites for hydroxylation is 1. The van der Waals surface area contributed by atoms with E-state index in [1.807, 2.05) is 13.8 Å². The number of carbonyl (C=O) groups excluding carboxylic acids is 1. The highest BCUT2D eigenvalue weighted by molar-refractivity contribution is 5.75. The van der Waals surface area contributed by atoms with E-state index in [1.165, 1.54) is 18.4 Å². The molecular formula is C13H20N4O. The van der Waals surface area contributed by atoms with Gasteiger partial charge in [-0.15, -0.1) is 0 Å². The molecule has 1 amide bonds. The van der Waals surface area contributed by atoms with Gasteiger partial charge in [-0.3, -0.25) is 4.79 Å². The highest BCUT2D eigenvalue weighted by Gasteiger charge is 2.24. The van der Waals surface area contributed by atoms with Crippen molar-refractivity contribution in [3.8, 4) is 0 Å². The Morgan fingerprint density at radius 1 is 1.39 bits per heavy atom. The minimum absolute atomic E-state index is 0.284. The predicted molar refractivity (Wildman–Crippen MR) is 70.2 cm³/mol. The van der Waals surface area contributed by atoms with Gasteiger partial charge in [0.15, 0.2) is 0 Å². The monoisotopic (exact) mass is 248 g/mol. The van der Waals surface area contributed by atoms with Gasteiger partial charge >= 0.3 is 0 Å². The first-order valence-corrected chi connectivity index (χ1v) is 6.37. The van der Waals surface area contributed by atoms with Gasteiger partial charge in [-0.1, -0.05) is 0 Å². The number of aromatic nitrogens is 2. The van der Waals surface area contributed by atoms with E-state index in [9.17, 15) is 4.79 Å². The lowest BCUT2D eigenvalue weighted by atomic mass is 9.94. The Morgan fingerprint density at radius 2 is 2.11 bits per heavy atom. The highest BCUT2D eigenvalue weighted by Crippen LogP contribution is 2.27. The van der Waals surface area contributed by atoms with Crippen LogP contribution < -0.4 is 11.1 Å². The maximum atomic E-state index is 11.0. The van der Waals surface area contributed by atoms with Gasteiger partial charge in [-0.05, 0) is 39.5 Å². The number of nitrogens with two attached hydrogens (primary N) is 1. The lowest BCUT2D eigenvalue weighted by molar-refractivity contribution is -0.118. The van der Waals surface area contributed by atoms with Crippen LogP contribution in [0.1, 0.15) is 44.4 Å². The van der Waals surface area contributed by atoms with Crippen LogP contribution in [0, 0.1) is 0 Å². The number of rotatable bonds is 4. The fourth-order valence-corrected chi connectivity index (χ4v) is 2.43. The summed E-state index contributed by atoms with van der Waals surface area (Å²) in [6.07, 6.45) is 6.26. The zero-order chi connectivity index (χ0) is 13.2. The molecule has 1 aliphatic carbocycles. The summed E-state index contributed by atoms with van der Waals surface area (Å²) in [6, 6.07) is 0. The molecule has 0 spiro atoms. The summed E-state index contributed by atoms with van der Waals surface area (Å²) >= 11 is 0. The van der Waals surface area contributed by atoms with Gasteiger partial charge in [0.25, 0.3) is 0 Å². The number of anilines is 1. The Labute approximate surface area is 107 Å². The van der Waals surface area contributed by atoms with E-state index in [1.54, 1.807) is 6.33 Å². The maximum Gasteiger partial charge on any atom is 0.219 e. The Kier molecular flexibility index (Phi) is 3.50. The molecule has 0 atom stereocenters. The van der Waals surface area contributed by atoms with Crippen LogP contribution in [-0.4, -0.2) is 21.4 Å². The summed E-state index contributed by atoms with van der Waals surface area (Å²) in [5.41, 5.74) is 7.20. The second-order valence-electron chi connectivity index (χ2n) is 5.51. The molecule has 0 saturated carbocycles. The van der Waals surface area contributed by atoms with Crippen molar-refractivity contribution in [1.29, 1.82) is 0 Å². The van der Waals surface area contributed by atoms with Crippen molar-refractivity contribution >= 4 is 11.7 Å². The summed E-state index contributed by atoms with van der Waals surface area (Å²) in [5, 5.41) is 3.33. The van der Waals surface area contributed by atoms with E-state index in [4.69, 9.17) is 5.73 Å². The first-order valence-electron chi connectivity index (χ1n) is 6.37. The molecule has 5 heteroatoms. The highest BCUT2D eigenvalue weighted by atomic mass is 16.1. The number of nitrogens with zero attached hydrogens (tertiary/aromatic N) is 2. The van der Waals surface area contributed by atoms with Crippen LogP contribution in [-0.2, 0) is 17.6 Å². The number of carbonyl (C=O) groups is 1. The van der Waals surface area contributed by atoms with Crippen molar-refractivity contribution in [2.45, 2.75) is 51.5 Å². The SMILES string of the molecule is CC(C)(CC(N)=O)Nc1ncnc2c1CCCC2. The van der Waals surface area contributed by atoms with E-state index in [0.717, 1.165) is 24.4 Å². The van der Waals surface area contributed by atoms with Crippen LogP contribution in [0.3, 0.4) is 0 Å². The molecule has 0 unspecified atom stereocenters. The van der Waals surface area contributed by atoms with Gasteiger partial charge in [0.1, 0.15) is 12.1 Å². The van der Waals surface area contributed by atoms with Gasteiger partial charge in [0.2, 0.25) is 5.91 Å². The van der Waals surface area contributed by atoms with E-state index < -0.39 is 0 Å². The number of hydrogen-bond acceptors (Lipinski definition) is 4. The zero-order valence-corrected chi connectivity index (χ0v) is 11.0. The summed E-state index contributed by atoms with van der Waals surface area (Å²) in [4.78, 5) is 19.7. The molecular weight excluding hydrogens is 228 g/mol. The average Bonchev–Trinajstić information content (AvgIpc) is 2.27. The minimum atomic E-state index is -0.384. The first-order chi connectivity index (χ1) is 8.48. The second-order valence-corrected chi connectivity index (χ2v) is 5.51. The number of nitrogens with one attached hydrogen (secondary N) is 1. The van der Waals surface area contributed by atoms with Crippen LogP contribution in [0.4, 0.5) is 5.82 Å². The third-order valence-corrected chi connectivity index (χ3v) is 3.20. The molecule has 0 bridgehead atoms. The van der Waals surface area contributed by atoms with Gasteiger partial charge in [0, 0.05) is 23.2 Å².